The van der Waals surface area contributed by atoms with Crippen molar-refractivity contribution in [3.8, 4) is 0 Å². The van der Waals surface area contributed by atoms with Crippen molar-refractivity contribution in [3.05, 3.63) is 0 Å². The number of thioether (sulfide) groups is 1. The Morgan fingerprint density at radius 1 is 0.897 bits per heavy atom. The highest BCUT2D eigenvalue weighted by Gasteiger charge is 2.25. The smallest absolute Gasteiger partial charge is 0.129 e. The maximum Gasteiger partial charge on any atom is 0.129 e. The number of methoxy groups -OCH3 is 2. The third-order valence-corrected chi connectivity index (χ3v) is 7.41. The Labute approximate surface area is 186 Å². The zero-order valence-corrected chi connectivity index (χ0v) is 21.0. The lowest BCUT2D eigenvalue weighted by atomic mass is 9.93. The lowest BCUT2D eigenvalue weighted by Gasteiger charge is -2.31. The highest BCUT2D eigenvalue weighted by Crippen LogP contribution is 2.36. The van der Waals surface area contributed by atoms with Gasteiger partial charge in [-0.2, -0.15) is 11.8 Å². The van der Waals surface area contributed by atoms with Crippen molar-refractivity contribution in [1.82, 2.24) is 0 Å². The molecule has 0 amide bonds. The van der Waals surface area contributed by atoms with Gasteiger partial charge in [-0.25, -0.2) is 0 Å². The summed E-state index contributed by atoms with van der Waals surface area (Å²) in [6.07, 6.45) is 18.8. The topological polar surface area (TPSA) is 35.5 Å². The summed E-state index contributed by atoms with van der Waals surface area (Å²) in [5.74, 6) is 1.40. The van der Waals surface area contributed by atoms with Crippen LogP contribution in [-0.4, -0.2) is 43.2 Å². The van der Waals surface area contributed by atoms with Gasteiger partial charge in [0.25, 0.3) is 0 Å². The average molecular weight is 431 g/mol. The Morgan fingerprint density at radius 3 is 2.17 bits per heavy atom. The molecule has 0 N–H and O–H groups in total. The molecule has 4 heteroatoms. The number of unbranched alkanes of at least 4 members (excludes halogenated alkanes) is 8. The first kappa shape index (κ1) is 28.9. The first-order valence-corrected chi connectivity index (χ1v) is 13.1. The first-order chi connectivity index (χ1) is 14.0. The van der Waals surface area contributed by atoms with Crippen LogP contribution in [0.25, 0.3) is 0 Å². The fourth-order valence-electron chi connectivity index (χ4n) is 3.87. The molecular weight excluding hydrogens is 380 g/mol. The quantitative estimate of drug-likeness (QED) is 0.166. The second-order valence-corrected chi connectivity index (χ2v) is 10.5. The third kappa shape index (κ3) is 18.4. The van der Waals surface area contributed by atoms with E-state index < -0.39 is 0 Å². The molecule has 3 nitrogen and oxygen atoms in total. The largest absolute Gasteiger partial charge is 0.384 e. The van der Waals surface area contributed by atoms with E-state index in [1.807, 2.05) is 7.11 Å². The van der Waals surface area contributed by atoms with Crippen LogP contribution in [0.2, 0.25) is 0 Å². The van der Waals surface area contributed by atoms with E-state index >= 15 is 0 Å². The summed E-state index contributed by atoms with van der Waals surface area (Å²) in [4.78, 5) is 11.0. The fraction of sp³-hybridized carbons (Fsp3) is 0.960. The number of Topliss-reactive ketones (excluding diaryl/α,β-unsaturated/α-hetero) is 1. The summed E-state index contributed by atoms with van der Waals surface area (Å²) >= 11 is 2.09. The van der Waals surface area contributed by atoms with Crippen LogP contribution < -0.4 is 0 Å². The highest BCUT2D eigenvalue weighted by atomic mass is 32.2. The van der Waals surface area contributed by atoms with Gasteiger partial charge >= 0.3 is 0 Å². The van der Waals surface area contributed by atoms with Gasteiger partial charge < -0.3 is 14.3 Å². The second-order valence-electron chi connectivity index (χ2n) is 8.86. The molecule has 0 bridgehead atoms. The monoisotopic (exact) mass is 430 g/mol. The summed E-state index contributed by atoms with van der Waals surface area (Å²) < 4.78 is 11.4. The van der Waals surface area contributed by atoms with E-state index in [1.54, 1.807) is 14.0 Å². The lowest BCUT2D eigenvalue weighted by molar-refractivity contribution is -0.117. The van der Waals surface area contributed by atoms with Crippen molar-refractivity contribution < 1.29 is 14.3 Å². The molecule has 2 atom stereocenters. The van der Waals surface area contributed by atoms with Gasteiger partial charge in [0.1, 0.15) is 5.78 Å². The summed E-state index contributed by atoms with van der Waals surface area (Å²) in [7, 11) is 3.67. The third-order valence-electron chi connectivity index (χ3n) is 5.93. The molecule has 0 heterocycles. The molecule has 174 valence electrons. The molecule has 0 aromatic rings. The van der Waals surface area contributed by atoms with Crippen LogP contribution >= 0.6 is 11.8 Å². The molecule has 0 saturated heterocycles. The highest BCUT2D eigenvalue weighted by molar-refractivity contribution is 8.00. The molecule has 0 spiro atoms. The zero-order chi connectivity index (χ0) is 21.8. The van der Waals surface area contributed by atoms with E-state index in [4.69, 9.17) is 9.47 Å². The molecule has 0 aliphatic heterocycles. The standard InChI is InChI=1S/C25H50O3S/c1-6-7-8-14-17-24(28-5)18-20-25(3,29-22-21-27-4)19-15-12-10-9-11-13-16-23(2)26/h24H,6-22H2,1-5H3. The molecule has 2 unspecified atom stereocenters. The van der Waals surface area contributed by atoms with E-state index in [0.717, 1.165) is 25.2 Å². The van der Waals surface area contributed by atoms with Crippen molar-refractivity contribution in [1.29, 1.82) is 0 Å². The Bertz CT molecular complexity index is 375. The molecular formula is C25H50O3S. The van der Waals surface area contributed by atoms with E-state index in [1.165, 1.54) is 83.5 Å². The second kappa shape index (κ2) is 19.9. The Balaban J connectivity index is 4.21. The van der Waals surface area contributed by atoms with Gasteiger partial charge in [-0.05, 0) is 39.0 Å². The van der Waals surface area contributed by atoms with Crippen molar-refractivity contribution in [2.45, 2.75) is 128 Å². The summed E-state index contributed by atoms with van der Waals surface area (Å²) in [5, 5.41) is 0. The minimum absolute atomic E-state index is 0.327. The maximum atomic E-state index is 11.0. The molecule has 0 aromatic heterocycles. The van der Waals surface area contributed by atoms with Gasteiger partial charge in [0, 0.05) is 31.1 Å². The van der Waals surface area contributed by atoms with Crippen LogP contribution in [-0.2, 0) is 14.3 Å². The Kier molecular flexibility index (Phi) is 19.8. The number of ether oxygens (including phenoxy) is 2. The van der Waals surface area contributed by atoms with Gasteiger partial charge in [-0.15, -0.1) is 0 Å². The van der Waals surface area contributed by atoms with E-state index in [2.05, 4.69) is 25.6 Å². The Morgan fingerprint density at radius 2 is 1.55 bits per heavy atom. The normalized spacial score (nSPS) is 14.7. The van der Waals surface area contributed by atoms with Crippen LogP contribution in [0.5, 0.6) is 0 Å². The van der Waals surface area contributed by atoms with Gasteiger partial charge in [0.05, 0.1) is 12.7 Å². The van der Waals surface area contributed by atoms with E-state index in [-0.39, 0.29) is 0 Å². The average Bonchev–Trinajstić information content (AvgIpc) is 2.69. The van der Waals surface area contributed by atoms with Crippen molar-refractivity contribution >= 4 is 17.5 Å². The molecule has 0 radical (unpaired) electrons. The minimum Gasteiger partial charge on any atom is -0.384 e. The molecule has 0 aliphatic carbocycles. The predicted molar refractivity (Wildman–Crippen MR) is 129 cm³/mol. The van der Waals surface area contributed by atoms with Gasteiger partial charge in [-0.1, -0.05) is 71.6 Å². The van der Waals surface area contributed by atoms with Crippen molar-refractivity contribution in [2.24, 2.45) is 0 Å². The van der Waals surface area contributed by atoms with Crippen LogP contribution in [0.4, 0.5) is 0 Å². The summed E-state index contributed by atoms with van der Waals surface area (Å²) in [6, 6.07) is 0. The van der Waals surface area contributed by atoms with Gasteiger partial charge in [0.15, 0.2) is 0 Å². The van der Waals surface area contributed by atoms with Crippen LogP contribution in [0, 0.1) is 0 Å². The van der Waals surface area contributed by atoms with Crippen LogP contribution in [0.3, 0.4) is 0 Å². The number of carbonyl (C=O) groups is 1. The molecule has 29 heavy (non-hydrogen) atoms. The molecule has 0 aromatic carbocycles. The zero-order valence-electron chi connectivity index (χ0n) is 20.2. The molecule has 0 saturated carbocycles. The van der Waals surface area contributed by atoms with E-state index in [9.17, 15) is 4.79 Å². The number of carbonyl (C=O) groups excluding carboxylic acids is 1. The number of hydrogen-bond donors (Lipinski definition) is 0. The Hall–Kier alpha value is -0.0600. The summed E-state index contributed by atoms with van der Waals surface area (Å²) in [6.45, 7) is 7.25. The van der Waals surface area contributed by atoms with E-state index in [0.29, 0.717) is 16.6 Å². The van der Waals surface area contributed by atoms with Gasteiger partial charge in [0.2, 0.25) is 0 Å². The first-order valence-electron chi connectivity index (χ1n) is 12.1. The fourth-order valence-corrected chi connectivity index (χ4v) is 5.16. The number of rotatable bonds is 22. The van der Waals surface area contributed by atoms with Crippen LogP contribution in [0.1, 0.15) is 117 Å². The lowest BCUT2D eigenvalue weighted by Crippen LogP contribution is -2.25. The number of ketones is 1. The minimum atomic E-state index is 0.327. The van der Waals surface area contributed by atoms with Crippen molar-refractivity contribution in [2.75, 3.05) is 26.6 Å². The molecule has 0 rings (SSSR count). The van der Waals surface area contributed by atoms with Gasteiger partial charge in [-0.3, -0.25) is 0 Å². The molecule has 0 fully saturated rings. The SMILES string of the molecule is CCCCCCC(CCC(C)(CCCCCCCCC(C)=O)SCCOC)OC. The van der Waals surface area contributed by atoms with Crippen molar-refractivity contribution in [3.63, 3.8) is 0 Å². The maximum absolute atomic E-state index is 11.0. The van der Waals surface area contributed by atoms with Crippen LogP contribution in [0.15, 0.2) is 0 Å². The molecule has 0 aliphatic rings. The number of hydrogen-bond acceptors (Lipinski definition) is 4. The summed E-state index contributed by atoms with van der Waals surface area (Å²) in [5.41, 5.74) is 0. The predicted octanol–water partition coefficient (Wildman–Crippen LogP) is 7.60.